The summed E-state index contributed by atoms with van der Waals surface area (Å²) < 4.78 is 75.7. The lowest BCUT2D eigenvalue weighted by Crippen LogP contribution is -2.55. The number of alkyl halides is 3. The Morgan fingerprint density at radius 1 is 1.26 bits per heavy atom. The molecule has 1 fully saturated rings. The SMILES string of the molecule is CCOC(=O)CCC(=O)N(n1c(=O)[nH]c2cc(C(F)(F)F)c(C3CCCO3)cc2c1=O)S(C)(=O)=O. The molecule has 11 nitrogen and oxygen atoms in total. The highest BCUT2D eigenvalue weighted by molar-refractivity contribution is 7.92. The summed E-state index contributed by atoms with van der Waals surface area (Å²) in [5.74, 6) is -2.10. The van der Waals surface area contributed by atoms with Crippen LogP contribution in [0.2, 0.25) is 0 Å². The molecule has 1 aromatic carbocycles. The molecule has 0 saturated carbocycles. The molecule has 192 valence electrons. The second-order valence-electron chi connectivity index (χ2n) is 7.74. The molecule has 35 heavy (non-hydrogen) atoms. The molecule has 1 unspecified atom stereocenters. The van der Waals surface area contributed by atoms with Crippen LogP contribution in [0.5, 0.6) is 0 Å². The number of fused-ring (bicyclic) bond motifs is 1. The van der Waals surface area contributed by atoms with Gasteiger partial charge in [-0.3, -0.25) is 14.4 Å². The highest BCUT2D eigenvalue weighted by Gasteiger charge is 2.38. The summed E-state index contributed by atoms with van der Waals surface area (Å²) in [5.41, 5.74) is -4.77. The number of ether oxygens (including phenoxy) is 2. The van der Waals surface area contributed by atoms with Gasteiger partial charge in [0.1, 0.15) is 0 Å². The maximum absolute atomic E-state index is 13.7. The van der Waals surface area contributed by atoms with Crippen LogP contribution in [0.4, 0.5) is 13.2 Å². The molecular formula is C20H22F3N3O8S. The minimum Gasteiger partial charge on any atom is -0.466 e. The van der Waals surface area contributed by atoms with Crippen molar-refractivity contribution in [2.24, 2.45) is 0 Å². The number of esters is 1. The van der Waals surface area contributed by atoms with E-state index < -0.39 is 74.7 Å². The van der Waals surface area contributed by atoms with Crippen molar-refractivity contribution in [1.29, 1.82) is 0 Å². The lowest BCUT2D eigenvalue weighted by Gasteiger charge is -2.22. The Bertz CT molecular complexity index is 1370. The van der Waals surface area contributed by atoms with Gasteiger partial charge in [-0.25, -0.2) is 13.2 Å². The normalized spacial score (nSPS) is 16.4. The van der Waals surface area contributed by atoms with Crippen molar-refractivity contribution in [3.8, 4) is 0 Å². The van der Waals surface area contributed by atoms with E-state index in [1.54, 1.807) is 0 Å². The van der Waals surface area contributed by atoms with Crippen LogP contribution in [-0.4, -0.2) is 49.4 Å². The molecule has 3 rings (SSSR count). The van der Waals surface area contributed by atoms with Gasteiger partial charge in [-0.1, -0.05) is 0 Å². The summed E-state index contributed by atoms with van der Waals surface area (Å²) in [7, 11) is -4.58. The minimum atomic E-state index is -4.83. The molecule has 0 spiro atoms. The zero-order chi connectivity index (χ0) is 26.1. The van der Waals surface area contributed by atoms with Crippen molar-refractivity contribution < 1.29 is 40.7 Å². The number of sulfonamides is 1. The van der Waals surface area contributed by atoms with Gasteiger partial charge in [0.05, 0.1) is 41.9 Å². The number of rotatable bonds is 7. The Morgan fingerprint density at radius 2 is 1.94 bits per heavy atom. The van der Waals surface area contributed by atoms with Crippen LogP contribution >= 0.6 is 0 Å². The van der Waals surface area contributed by atoms with Crippen LogP contribution in [0.15, 0.2) is 21.7 Å². The van der Waals surface area contributed by atoms with Crippen LogP contribution in [0.3, 0.4) is 0 Å². The van der Waals surface area contributed by atoms with Gasteiger partial charge in [0.15, 0.2) is 0 Å². The van der Waals surface area contributed by atoms with E-state index in [4.69, 9.17) is 4.74 Å². The number of benzene rings is 1. The summed E-state index contributed by atoms with van der Waals surface area (Å²) in [6.07, 6.45) is -5.74. The predicted octanol–water partition coefficient (Wildman–Crippen LogP) is 1.33. The molecule has 15 heteroatoms. The lowest BCUT2D eigenvalue weighted by molar-refractivity contribution is -0.144. The molecule has 0 radical (unpaired) electrons. The number of hydrogen-bond donors (Lipinski definition) is 1. The Labute approximate surface area is 196 Å². The molecular weight excluding hydrogens is 499 g/mol. The summed E-state index contributed by atoms with van der Waals surface area (Å²) in [5, 5.41) is -0.463. The highest BCUT2D eigenvalue weighted by atomic mass is 32.2. The van der Waals surface area contributed by atoms with Gasteiger partial charge in [0.25, 0.3) is 21.5 Å². The maximum Gasteiger partial charge on any atom is 0.416 e. The number of aromatic amines is 1. The number of nitrogens with zero attached hydrogens (tertiary/aromatic N) is 2. The predicted molar refractivity (Wildman–Crippen MR) is 116 cm³/mol. The van der Waals surface area contributed by atoms with Gasteiger partial charge in [-0.15, -0.1) is 9.09 Å². The summed E-state index contributed by atoms with van der Waals surface area (Å²) >= 11 is 0. The van der Waals surface area contributed by atoms with Crippen LogP contribution in [-0.2, 0) is 35.3 Å². The average molecular weight is 521 g/mol. The minimum absolute atomic E-state index is 0.0135. The van der Waals surface area contributed by atoms with E-state index in [1.807, 2.05) is 4.98 Å². The van der Waals surface area contributed by atoms with Gasteiger partial charge in [-0.2, -0.15) is 13.2 Å². The van der Waals surface area contributed by atoms with E-state index in [-0.39, 0.29) is 34.3 Å². The second kappa shape index (κ2) is 9.81. The Morgan fingerprint density at radius 3 is 2.49 bits per heavy atom. The average Bonchev–Trinajstić information content (AvgIpc) is 3.27. The first kappa shape index (κ1) is 26.4. The van der Waals surface area contributed by atoms with E-state index in [0.29, 0.717) is 18.7 Å². The monoisotopic (exact) mass is 521 g/mol. The number of aromatic nitrogens is 2. The van der Waals surface area contributed by atoms with Crippen LogP contribution in [0.25, 0.3) is 10.9 Å². The van der Waals surface area contributed by atoms with Gasteiger partial charge in [0.2, 0.25) is 0 Å². The van der Waals surface area contributed by atoms with Crippen LogP contribution in [0, 0.1) is 0 Å². The molecule has 0 bridgehead atoms. The van der Waals surface area contributed by atoms with E-state index >= 15 is 0 Å². The fraction of sp³-hybridized carbons (Fsp3) is 0.500. The van der Waals surface area contributed by atoms with E-state index in [9.17, 15) is 40.8 Å². The lowest BCUT2D eigenvalue weighted by atomic mass is 9.97. The number of hydrogen-bond acceptors (Lipinski definition) is 8. The number of carbonyl (C=O) groups excluding carboxylic acids is 2. The number of amides is 1. The van der Waals surface area contributed by atoms with Gasteiger partial charge < -0.3 is 14.5 Å². The maximum atomic E-state index is 13.7. The molecule has 1 aliphatic rings. The van der Waals surface area contributed by atoms with E-state index in [0.717, 1.165) is 6.07 Å². The molecule has 1 atom stereocenters. The summed E-state index contributed by atoms with van der Waals surface area (Å²) in [6, 6.07) is 1.46. The molecule has 1 amide bonds. The quantitative estimate of drug-likeness (QED) is 0.538. The van der Waals surface area contributed by atoms with E-state index in [1.165, 1.54) is 6.92 Å². The molecule has 2 heterocycles. The number of halogens is 3. The Hall–Kier alpha value is -3.20. The fourth-order valence-corrected chi connectivity index (χ4v) is 4.66. The van der Waals surface area contributed by atoms with Gasteiger partial charge in [0, 0.05) is 13.0 Å². The van der Waals surface area contributed by atoms with Crippen molar-refractivity contribution in [3.05, 3.63) is 44.1 Å². The van der Waals surface area contributed by atoms with Crippen molar-refractivity contribution in [2.75, 3.05) is 23.9 Å². The first-order valence-corrected chi connectivity index (χ1v) is 12.3. The first-order valence-electron chi connectivity index (χ1n) is 10.5. The third kappa shape index (κ3) is 5.56. The summed E-state index contributed by atoms with van der Waals surface area (Å²) in [4.78, 5) is 52.1. The van der Waals surface area contributed by atoms with Crippen LogP contribution in [0.1, 0.15) is 49.8 Å². The van der Waals surface area contributed by atoms with Crippen molar-refractivity contribution in [1.82, 2.24) is 9.66 Å². The molecule has 1 saturated heterocycles. The van der Waals surface area contributed by atoms with Crippen molar-refractivity contribution >= 4 is 32.8 Å². The third-order valence-electron chi connectivity index (χ3n) is 5.19. The first-order chi connectivity index (χ1) is 16.3. The smallest absolute Gasteiger partial charge is 0.416 e. The number of H-pyrrole nitrogens is 1. The largest absolute Gasteiger partial charge is 0.466 e. The highest BCUT2D eigenvalue weighted by Crippen LogP contribution is 2.40. The number of carbonyl (C=O) groups is 2. The zero-order valence-corrected chi connectivity index (χ0v) is 19.5. The fourth-order valence-electron chi connectivity index (χ4n) is 3.75. The Kier molecular flexibility index (Phi) is 7.40. The van der Waals surface area contributed by atoms with Crippen LogP contribution < -0.4 is 15.7 Å². The zero-order valence-electron chi connectivity index (χ0n) is 18.7. The molecule has 1 aromatic heterocycles. The molecule has 2 aromatic rings. The Balaban J connectivity index is 2.20. The molecule has 1 aliphatic heterocycles. The molecule has 1 N–H and O–H groups in total. The topological polar surface area (TPSA) is 145 Å². The standard InChI is InChI=1S/C20H22F3N3O8S/c1-3-33-17(28)7-6-16(27)26(35(2,31)32)25-18(29)12-9-11(15-5-4-8-34-15)13(20(21,22)23)10-14(12)24-19(25)30/h9-10,15H,3-8H2,1-2H3,(H,24,30). The number of nitrogens with one attached hydrogen (secondary N) is 1. The molecule has 0 aliphatic carbocycles. The van der Waals surface area contributed by atoms with E-state index in [2.05, 4.69) is 4.74 Å². The third-order valence-corrected chi connectivity index (χ3v) is 6.18. The second-order valence-corrected chi connectivity index (χ2v) is 9.55. The summed E-state index contributed by atoms with van der Waals surface area (Å²) in [6.45, 7) is 1.75. The van der Waals surface area contributed by atoms with Gasteiger partial charge in [-0.05, 0) is 37.5 Å². The van der Waals surface area contributed by atoms with Crippen molar-refractivity contribution in [3.63, 3.8) is 0 Å². The van der Waals surface area contributed by atoms with Gasteiger partial charge >= 0.3 is 17.8 Å². The van der Waals surface area contributed by atoms with Crippen molar-refractivity contribution in [2.45, 2.75) is 44.9 Å².